The number of ether oxygens (including phenoxy) is 5. The topological polar surface area (TPSA) is 110 Å². The van der Waals surface area contributed by atoms with Crippen molar-refractivity contribution in [2.24, 2.45) is 0 Å². The number of aromatic nitrogens is 4. The van der Waals surface area contributed by atoms with Gasteiger partial charge in [0.05, 0.1) is 12.8 Å². The molecule has 2 aliphatic heterocycles. The minimum atomic E-state index is -0.963. The van der Waals surface area contributed by atoms with Gasteiger partial charge in [0.2, 0.25) is 0 Å². The van der Waals surface area contributed by atoms with Crippen molar-refractivity contribution in [1.29, 1.82) is 0 Å². The molecule has 0 radical (unpaired) electrons. The molecule has 0 aliphatic carbocycles. The van der Waals surface area contributed by atoms with E-state index in [4.69, 9.17) is 35.3 Å². The number of nitrogens with zero attached hydrogens (tertiary/aromatic N) is 5. The van der Waals surface area contributed by atoms with E-state index in [1.54, 1.807) is 27.4 Å². The SMILES string of the molecule is COCOC1[C@@H](n2cc(-c3nc(Cl)cs3)nn2)[C@H]2OC(c3ccccc3)OCC2O[C@H]1C(=O)/C=C/N(C)C. The standard InChI is InChI=1S/C25H28ClN5O6S/c1-30(2)10-9-17(32)21-23(35-14-33-3)20(31-11-16(28-29-31)24-27-19(26)13-38-24)22-18(36-21)12-34-25(37-22)15-7-5-4-6-8-15/h4-11,13,18,20-23,25H,12,14H2,1-3H3/b10-9+/t18?,20-,21-,22-,23?,25?/m0/s1. The van der Waals surface area contributed by atoms with Crippen LogP contribution in [0.3, 0.4) is 0 Å². The Hall–Kier alpha value is -2.71. The zero-order valence-corrected chi connectivity index (χ0v) is 22.6. The van der Waals surface area contributed by atoms with Gasteiger partial charge in [0.25, 0.3) is 0 Å². The second-order valence-electron chi connectivity index (χ2n) is 9.04. The third kappa shape index (κ3) is 5.81. The van der Waals surface area contributed by atoms with E-state index >= 15 is 0 Å². The van der Waals surface area contributed by atoms with Crippen molar-refractivity contribution in [2.45, 2.75) is 36.7 Å². The fourth-order valence-corrected chi connectivity index (χ4v) is 5.35. The predicted octanol–water partition coefficient (Wildman–Crippen LogP) is 3.11. The maximum atomic E-state index is 13.3. The highest BCUT2D eigenvalue weighted by Gasteiger charge is 2.53. The second kappa shape index (κ2) is 12.0. The average molecular weight is 562 g/mol. The summed E-state index contributed by atoms with van der Waals surface area (Å²) in [5.41, 5.74) is 1.40. The van der Waals surface area contributed by atoms with Crippen LogP contribution < -0.4 is 0 Å². The first-order chi connectivity index (χ1) is 18.4. The number of carbonyl (C=O) groups excluding carboxylic acids is 1. The van der Waals surface area contributed by atoms with E-state index in [0.29, 0.717) is 15.9 Å². The minimum absolute atomic E-state index is 0.0641. The van der Waals surface area contributed by atoms with Crippen LogP contribution >= 0.6 is 22.9 Å². The number of benzene rings is 1. The van der Waals surface area contributed by atoms with E-state index in [0.717, 1.165) is 5.56 Å². The van der Waals surface area contributed by atoms with E-state index in [2.05, 4.69) is 15.3 Å². The first-order valence-corrected chi connectivity index (χ1v) is 13.2. The molecule has 3 aromatic rings. The number of carbonyl (C=O) groups is 1. The van der Waals surface area contributed by atoms with Gasteiger partial charge in [-0.1, -0.05) is 47.1 Å². The van der Waals surface area contributed by atoms with E-state index in [1.165, 1.54) is 24.5 Å². The van der Waals surface area contributed by atoms with Crippen molar-refractivity contribution in [1.82, 2.24) is 24.9 Å². The molecule has 38 heavy (non-hydrogen) atoms. The first-order valence-electron chi connectivity index (χ1n) is 11.9. The van der Waals surface area contributed by atoms with Crippen LogP contribution in [0.5, 0.6) is 0 Å². The summed E-state index contributed by atoms with van der Waals surface area (Å²) in [6, 6.07) is 9.03. The molecule has 0 saturated carbocycles. The van der Waals surface area contributed by atoms with Gasteiger partial charge in [0.15, 0.2) is 12.1 Å². The lowest BCUT2D eigenvalue weighted by molar-refractivity contribution is -0.319. The number of fused-ring (bicyclic) bond motifs is 1. The molecule has 2 aromatic heterocycles. The lowest BCUT2D eigenvalue weighted by atomic mass is 9.89. The van der Waals surface area contributed by atoms with Crippen molar-refractivity contribution in [3.05, 3.63) is 64.9 Å². The normalized spacial score (nSPS) is 27.4. The van der Waals surface area contributed by atoms with Crippen molar-refractivity contribution in [2.75, 3.05) is 34.6 Å². The molecule has 0 spiro atoms. The molecule has 2 fully saturated rings. The molecule has 5 rings (SSSR count). The maximum absolute atomic E-state index is 13.3. The van der Waals surface area contributed by atoms with Crippen LogP contribution in [0.2, 0.25) is 5.15 Å². The van der Waals surface area contributed by atoms with Crippen molar-refractivity contribution < 1.29 is 28.5 Å². The molecule has 0 N–H and O–H groups in total. The number of thiazole rings is 1. The maximum Gasteiger partial charge on any atom is 0.188 e. The Balaban J connectivity index is 1.53. The van der Waals surface area contributed by atoms with Crippen molar-refractivity contribution in [3.8, 4) is 10.7 Å². The number of ketones is 1. The van der Waals surface area contributed by atoms with Crippen LogP contribution in [0.4, 0.5) is 0 Å². The highest BCUT2D eigenvalue weighted by molar-refractivity contribution is 7.13. The Labute approximate surface area is 228 Å². The summed E-state index contributed by atoms with van der Waals surface area (Å²) in [6.07, 6.45) is 1.34. The molecular weight excluding hydrogens is 534 g/mol. The summed E-state index contributed by atoms with van der Waals surface area (Å²) in [5.74, 6) is -0.263. The zero-order chi connectivity index (χ0) is 26.6. The highest BCUT2D eigenvalue weighted by atomic mass is 35.5. The Morgan fingerprint density at radius 3 is 2.82 bits per heavy atom. The molecule has 202 valence electrons. The third-order valence-corrected chi connectivity index (χ3v) is 7.32. The Bertz CT molecular complexity index is 1250. The average Bonchev–Trinajstić information content (AvgIpc) is 3.59. The largest absolute Gasteiger partial charge is 0.383 e. The van der Waals surface area contributed by atoms with Gasteiger partial charge in [-0.05, 0) is 6.08 Å². The number of methoxy groups -OCH3 is 1. The smallest absolute Gasteiger partial charge is 0.188 e. The summed E-state index contributed by atoms with van der Waals surface area (Å²) >= 11 is 7.39. The summed E-state index contributed by atoms with van der Waals surface area (Å²) in [4.78, 5) is 19.4. The summed E-state index contributed by atoms with van der Waals surface area (Å²) < 4.78 is 31.7. The lowest BCUT2D eigenvalue weighted by Crippen LogP contribution is -2.61. The number of rotatable bonds is 9. The molecule has 1 aromatic carbocycles. The Kier molecular flexibility index (Phi) is 8.48. The molecule has 2 saturated heterocycles. The summed E-state index contributed by atoms with van der Waals surface area (Å²) in [7, 11) is 5.18. The van der Waals surface area contributed by atoms with Gasteiger partial charge in [-0.3, -0.25) is 4.79 Å². The first kappa shape index (κ1) is 26.9. The molecule has 2 aliphatic rings. The van der Waals surface area contributed by atoms with Crippen LogP contribution in [0.25, 0.3) is 10.7 Å². The number of hydrogen-bond acceptors (Lipinski definition) is 11. The summed E-state index contributed by atoms with van der Waals surface area (Å²) in [5, 5.41) is 11.4. The second-order valence-corrected chi connectivity index (χ2v) is 10.3. The molecule has 13 heteroatoms. The van der Waals surface area contributed by atoms with E-state index < -0.39 is 36.7 Å². The third-order valence-electron chi connectivity index (χ3n) is 6.13. The van der Waals surface area contributed by atoms with Gasteiger partial charge in [-0.15, -0.1) is 16.4 Å². The van der Waals surface area contributed by atoms with Gasteiger partial charge in [-0.2, -0.15) is 0 Å². The fourth-order valence-electron chi connectivity index (χ4n) is 4.45. The van der Waals surface area contributed by atoms with Crippen LogP contribution in [0.1, 0.15) is 17.9 Å². The number of hydrogen-bond donors (Lipinski definition) is 0. The molecule has 0 bridgehead atoms. The van der Waals surface area contributed by atoms with Crippen LogP contribution in [-0.4, -0.2) is 89.7 Å². The Morgan fingerprint density at radius 1 is 1.29 bits per heavy atom. The number of halogens is 1. The van der Waals surface area contributed by atoms with Gasteiger partial charge >= 0.3 is 0 Å². The zero-order valence-electron chi connectivity index (χ0n) is 21.0. The van der Waals surface area contributed by atoms with Crippen LogP contribution in [0.15, 0.2) is 54.2 Å². The van der Waals surface area contributed by atoms with Crippen molar-refractivity contribution >= 4 is 28.7 Å². The van der Waals surface area contributed by atoms with Gasteiger partial charge in [-0.25, -0.2) is 9.67 Å². The summed E-state index contributed by atoms with van der Waals surface area (Å²) in [6.45, 7) is 0.147. The van der Waals surface area contributed by atoms with E-state index in [1.807, 2.05) is 44.4 Å². The lowest BCUT2D eigenvalue weighted by Gasteiger charge is -2.48. The van der Waals surface area contributed by atoms with Crippen LogP contribution in [-0.2, 0) is 28.5 Å². The van der Waals surface area contributed by atoms with Crippen molar-refractivity contribution in [3.63, 3.8) is 0 Å². The molecule has 4 heterocycles. The van der Waals surface area contributed by atoms with Gasteiger partial charge in [0, 0.05) is 38.3 Å². The molecular formula is C25H28ClN5O6S. The molecule has 3 unspecified atom stereocenters. The molecule has 0 amide bonds. The quantitative estimate of drug-likeness (QED) is 0.285. The fraction of sp³-hybridized carbons (Fsp3) is 0.440. The highest BCUT2D eigenvalue weighted by Crippen LogP contribution is 2.41. The monoisotopic (exact) mass is 561 g/mol. The molecule has 6 atom stereocenters. The van der Waals surface area contributed by atoms with Gasteiger partial charge in [0.1, 0.15) is 53.1 Å². The van der Waals surface area contributed by atoms with E-state index in [-0.39, 0.29) is 19.2 Å². The molecule has 11 nitrogen and oxygen atoms in total. The Morgan fingerprint density at radius 2 is 2.11 bits per heavy atom. The van der Waals surface area contributed by atoms with E-state index in [9.17, 15) is 4.79 Å². The predicted molar refractivity (Wildman–Crippen MR) is 138 cm³/mol. The minimum Gasteiger partial charge on any atom is -0.383 e. The van der Waals surface area contributed by atoms with Gasteiger partial charge < -0.3 is 28.6 Å². The van der Waals surface area contributed by atoms with Crippen LogP contribution in [0, 0.1) is 0 Å².